The van der Waals surface area contributed by atoms with Gasteiger partial charge in [0.25, 0.3) is 0 Å². The summed E-state index contributed by atoms with van der Waals surface area (Å²) in [5.74, 6) is -2.89. The first kappa shape index (κ1) is 15.2. The maximum absolute atomic E-state index is 12.7. The third kappa shape index (κ3) is 4.40. The maximum atomic E-state index is 12.7. The van der Waals surface area contributed by atoms with Crippen molar-refractivity contribution in [2.45, 2.75) is 19.1 Å². The summed E-state index contributed by atoms with van der Waals surface area (Å²) in [6.45, 7) is 1.25. The Kier molecular flexibility index (Phi) is 5.11. The summed E-state index contributed by atoms with van der Waals surface area (Å²) in [6, 6.07) is 3.09. The molecular weight excluding hydrogens is 261 g/mol. The Bertz CT molecular complexity index is 422. The van der Waals surface area contributed by atoms with Crippen molar-refractivity contribution in [2.75, 3.05) is 6.54 Å². The number of amidine groups is 1. The molecule has 0 fully saturated rings. The molecule has 19 heavy (non-hydrogen) atoms. The van der Waals surface area contributed by atoms with E-state index in [1.54, 1.807) is 31.5 Å². The second kappa shape index (κ2) is 6.37. The van der Waals surface area contributed by atoms with Gasteiger partial charge >= 0.3 is 6.18 Å². The lowest BCUT2D eigenvalue weighted by Crippen LogP contribution is -2.43. The summed E-state index contributed by atoms with van der Waals surface area (Å²) in [6.07, 6.45) is -1.46. The first-order valence-corrected chi connectivity index (χ1v) is 5.53. The fourth-order valence-corrected chi connectivity index (χ4v) is 1.52. The zero-order valence-corrected chi connectivity index (χ0v) is 10.2. The van der Waals surface area contributed by atoms with Crippen LogP contribution < -0.4 is 11.1 Å². The maximum Gasteiger partial charge on any atom is 0.400 e. The molecule has 0 saturated heterocycles. The van der Waals surface area contributed by atoms with Crippen LogP contribution in [0.2, 0.25) is 0 Å². The third-order valence-corrected chi connectivity index (χ3v) is 2.70. The van der Waals surface area contributed by atoms with Crippen LogP contribution >= 0.6 is 0 Å². The Hall–Kier alpha value is -1.83. The van der Waals surface area contributed by atoms with E-state index in [4.69, 9.17) is 10.9 Å². The molecule has 4 N–H and O–H groups in total. The summed E-state index contributed by atoms with van der Waals surface area (Å²) >= 11 is 0. The molecule has 1 aromatic rings. The quantitative estimate of drug-likeness (QED) is 0.330. The van der Waals surface area contributed by atoms with Gasteiger partial charge in [0, 0.05) is 25.0 Å². The monoisotopic (exact) mass is 276 g/mol. The number of oxime groups is 1. The molecule has 0 saturated carbocycles. The smallest absolute Gasteiger partial charge is 0.400 e. The molecule has 1 unspecified atom stereocenters. The van der Waals surface area contributed by atoms with Gasteiger partial charge in [0.15, 0.2) is 5.84 Å². The summed E-state index contributed by atoms with van der Waals surface area (Å²) < 4.78 is 38.1. The number of nitrogens with zero attached hydrogens (tertiary/aromatic N) is 2. The Morgan fingerprint density at radius 2 is 2.05 bits per heavy atom. The normalized spacial score (nSPS) is 16.1. The first-order chi connectivity index (χ1) is 8.86. The number of hydrogen-bond acceptors (Lipinski definition) is 4. The van der Waals surface area contributed by atoms with E-state index in [9.17, 15) is 13.2 Å². The van der Waals surface area contributed by atoms with Gasteiger partial charge in [-0.25, -0.2) is 0 Å². The van der Waals surface area contributed by atoms with Gasteiger partial charge in [-0.1, -0.05) is 5.16 Å². The molecule has 0 amide bonds. The average molecular weight is 276 g/mol. The molecule has 0 aliphatic carbocycles. The second-order valence-corrected chi connectivity index (χ2v) is 4.03. The van der Waals surface area contributed by atoms with Gasteiger partial charge in [0.05, 0.1) is 0 Å². The minimum absolute atomic E-state index is 0.306. The lowest BCUT2D eigenvalue weighted by Gasteiger charge is -2.22. The molecular formula is C11H15F3N4O. The fraction of sp³-hybridized carbons (Fsp3) is 0.455. The predicted octanol–water partition coefficient (Wildman–Crippen LogP) is 1.66. The number of rotatable bonds is 5. The standard InChI is InChI=1S/C11H15F3N4O/c1-7(8-2-4-16-5-3-8)17-6-9(10(15)18-19)11(12,13)14/h2-5,7,9,17,19H,6H2,1H3,(H2,15,18)/t7-,9?/m1/s1. The van der Waals surface area contributed by atoms with Crippen LogP contribution in [-0.2, 0) is 0 Å². The van der Waals surface area contributed by atoms with E-state index in [1.807, 2.05) is 0 Å². The van der Waals surface area contributed by atoms with Gasteiger partial charge in [-0.3, -0.25) is 4.98 Å². The molecule has 0 aliphatic heterocycles. The van der Waals surface area contributed by atoms with Crippen LogP contribution in [0.25, 0.3) is 0 Å². The molecule has 0 bridgehead atoms. The lowest BCUT2D eigenvalue weighted by molar-refractivity contribution is -0.155. The summed E-state index contributed by atoms with van der Waals surface area (Å²) in [4.78, 5) is 3.82. The van der Waals surface area contributed by atoms with Crippen molar-refractivity contribution in [3.63, 3.8) is 0 Å². The molecule has 2 atom stereocenters. The number of hydrogen-bond donors (Lipinski definition) is 3. The Morgan fingerprint density at radius 1 is 1.47 bits per heavy atom. The van der Waals surface area contributed by atoms with E-state index in [1.165, 1.54) is 0 Å². The highest BCUT2D eigenvalue weighted by Gasteiger charge is 2.42. The number of nitrogens with two attached hydrogens (primary N) is 1. The van der Waals surface area contributed by atoms with Gasteiger partial charge < -0.3 is 16.3 Å². The minimum Gasteiger partial charge on any atom is -0.409 e. The van der Waals surface area contributed by atoms with E-state index in [0.717, 1.165) is 5.56 Å². The van der Waals surface area contributed by atoms with Crippen LogP contribution in [-0.4, -0.2) is 28.7 Å². The number of nitrogens with one attached hydrogen (secondary N) is 1. The molecule has 1 aromatic heterocycles. The Balaban J connectivity index is 2.68. The van der Waals surface area contributed by atoms with Gasteiger partial charge in [0.2, 0.25) is 0 Å². The van der Waals surface area contributed by atoms with Crippen molar-refractivity contribution in [3.8, 4) is 0 Å². The zero-order valence-electron chi connectivity index (χ0n) is 10.2. The summed E-state index contributed by atoms with van der Waals surface area (Å²) in [5.41, 5.74) is 5.86. The van der Waals surface area contributed by atoms with E-state index in [-0.39, 0.29) is 6.04 Å². The molecule has 0 aromatic carbocycles. The molecule has 1 rings (SSSR count). The van der Waals surface area contributed by atoms with Crippen molar-refractivity contribution < 1.29 is 18.4 Å². The molecule has 8 heteroatoms. The van der Waals surface area contributed by atoms with Crippen LogP contribution in [0.15, 0.2) is 29.7 Å². The minimum atomic E-state index is -4.57. The topological polar surface area (TPSA) is 83.5 Å². The first-order valence-electron chi connectivity index (χ1n) is 5.53. The fourth-order valence-electron chi connectivity index (χ4n) is 1.52. The van der Waals surface area contributed by atoms with Crippen LogP contribution in [0.3, 0.4) is 0 Å². The highest BCUT2D eigenvalue weighted by molar-refractivity contribution is 5.83. The lowest BCUT2D eigenvalue weighted by atomic mass is 10.1. The highest BCUT2D eigenvalue weighted by Crippen LogP contribution is 2.26. The SMILES string of the molecule is C[C@@H](NCC(/C(N)=N/O)C(F)(F)F)c1ccncc1. The average Bonchev–Trinajstić information content (AvgIpc) is 2.37. The van der Waals surface area contributed by atoms with Crippen molar-refractivity contribution in [2.24, 2.45) is 16.8 Å². The largest absolute Gasteiger partial charge is 0.409 e. The van der Waals surface area contributed by atoms with Gasteiger partial charge in [0.1, 0.15) is 5.92 Å². The predicted molar refractivity (Wildman–Crippen MR) is 63.6 cm³/mol. The van der Waals surface area contributed by atoms with Crippen molar-refractivity contribution in [1.82, 2.24) is 10.3 Å². The molecule has 0 aliphatic rings. The van der Waals surface area contributed by atoms with Gasteiger partial charge in [-0.2, -0.15) is 13.2 Å². The van der Waals surface area contributed by atoms with Crippen LogP contribution in [0.4, 0.5) is 13.2 Å². The van der Waals surface area contributed by atoms with E-state index < -0.39 is 24.5 Å². The number of aromatic nitrogens is 1. The summed E-state index contributed by atoms with van der Waals surface area (Å²) in [5, 5.41) is 13.5. The van der Waals surface area contributed by atoms with E-state index in [2.05, 4.69) is 15.5 Å². The second-order valence-electron chi connectivity index (χ2n) is 4.03. The third-order valence-electron chi connectivity index (χ3n) is 2.70. The summed E-state index contributed by atoms with van der Waals surface area (Å²) in [7, 11) is 0. The molecule has 106 valence electrons. The highest BCUT2D eigenvalue weighted by atomic mass is 19.4. The zero-order chi connectivity index (χ0) is 14.5. The van der Waals surface area contributed by atoms with Crippen LogP contribution in [0, 0.1) is 5.92 Å². The van der Waals surface area contributed by atoms with Gasteiger partial charge in [-0.15, -0.1) is 0 Å². The number of alkyl halides is 3. The van der Waals surface area contributed by atoms with Crippen molar-refractivity contribution >= 4 is 5.84 Å². The van der Waals surface area contributed by atoms with Gasteiger partial charge in [-0.05, 0) is 24.6 Å². The molecule has 0 radical (unpaired) electrons. The van der Waals surface area contributed by atoms with E-state index >= 15 is 0 Å². The Labute approximate surface area is 108 Å². The Morgan fingerprint density at radius 3 is 2.53 bits per heavy atom. The number of halogens is 3. The van der Waals surface area contributed by atoms with Crippen LogP contribution in [0.1, 0.15) is 18.5 Å². The molecule has 0 spiro atoms. The van der Waals surface area contributed by atoms with E-state index in [0.29, 0.717) is 0 Å². The molecule has 1 heterocycles. The van der Waals surface area contributed by atoms with Crippen molar-refractivity contribution in [1.29, 1.82) is 0 Å². The number of pyridine rings is 1. The van der Waals surface area contributed by atoms with Crippen LogP contribution in [0.5, 0.6) is 0 Å². The molecule has 5 nitrogen and oxygen atoms in total. The van der Waals surface area contributed by atoms with Crippen molar-refractivity contribution in [3.05, 3.63) is 30.1 Å².